The summed E-state index contributed by atoms with van der Waals surface area (Å²) in [6.07, 6.45) is 6.56. The van der Waals surface area contributed by atoms with Crippen molar-refractivity contribution >= 4 is 28.4 Å². The summed E-state index contributed by atoms with van der Waals surface area (Å²) >= 11 is 0. The number of rotatable bonds is 3. The second-order valence-corrected chi connectivity index (χ2v) is 8.14. The quantitative estimate of drug-likeness (QED) is 0.703. The number of carbonyl (C=O) groups is 1. The summed E-state index contributed by atoms with van der Waals surface area (Å²) in [5.41, 5.74) is 4.66. The van der Waals surface area contributed by atoms with Gasteiger partial charge in [-0.1, -0.05) is 42.3 Å². The van der Waals surface area contributed by atoms with Crippen molar-refractivity contribution in [3.8, 4) is 11.1 Å². The molecule has 1 aromatic heterocycles. The molecule has 2 aromatic carbocycles. The Balaban J connectivity index is 1.44. The second kappa shape index (κ2) is 5.35. The lowest BCUT2D eigenvalue weighted by Gasteiger charge is -2.20. The Morgan fingerprint density at radius 3 is 2.81 bits per heavy atom. The number of anilines is 2. The maximum absolute atomic E-state index is 12.7. The molecule has 5 heteroatoms. The summed E-state index contributed by atoms with van der Waals surface area (Å²) in [4.78, 5) is 12.7. The number of benzene rings is 2. The molecule has 3 aromatic rings. The molecule has 0 radical (unpaired) electrons. The van der Waals surface area contributed by atoms with Gasteiger partial charge in [0.25, 0.3) is 0 Å². The number of para-hydroxylation sites is 1. The molecule has 27 heavy (non-hydrogen) atoms. The van der Waals surface area contributed by atoms with Gasteiger partial charge in [-0.05, 0) is 48.9 Å². The summed E-state index contributed by atoms with van der Waals surface area (Å²) < 4.78 is 5.70. The van der Waals surface area contributed by atoms with Crippen LogP contribution < -0.4 is 10.6 Å². The number of nitrogens with one attached hydrogen (secondary N) is 2. The molecule has 5 nitrogen and oxygen atoms in total. The van der Waals surface area contributed by atoms with Crippen LogP contribution in [0.3, 0.4) is 0 Å². The molecule has 1 spiro atoms. The van der Waals surface area contributed by atoms with Crippen LogP contribution in [-0.4, -0.2) is 17.1 Å². The predicted octanol–water partition coefficient (Wildman–Crippen LogP) is 4.83. The molecule has 0 unspecified atom stereocenters. The largest absolute Gasteiger partial charge is 0.364 e. The lowest BCUT2D eigenvalue weighted by Crippen LogP contribution is -2.30. The number of fused-ring (bicyclic) bond motifs is 3. The smallest absolute Gasteiger partial charge is 0.235 e. The Kier molecular flexibility index (Phi) is 3.02. The van der Waals surface area contributed by atoms with Crippen LogP contribution in [0, 0.1) is 0 Å². The molecule has 136 valence electrons. The van der Waals surface area contributed by atoms with E-state index in [0.717, 1.165) is 64.8 Å². The van der Waals surface area contributed by atoms with Crippen molar-refractivity contribution < 1.29 is 9.32 Å². The maximum Gasteiger partial charge on any atom is 0.235 e. The van der Waals surface area contributed by atoms with Gasteiger partial charge in [-0.15, -0.1) is 0 Å². The average molecular weight is 359 g/mol. The standard InChI is InChI=1S/C22H21N3O2/c26-21-22(10-1-2-11-22)17-9-6-13(12-18(17)24-21)15-4-3-5-16-19(15)27-25-20(16)23-14-7-8-14/h3-6,9,12,14H,1-2,7-8,10-11H2,(H,23,25)(H,24,26). The Labute approximate surface area is 157 Å². The molecular formula is C22H21N3O2. The molecule has 6 rings (SSSR count). The lowest BCUT2D eigenvalue weighted by molar-refractivity contribution is -0.120. The highest BCUT2D eigenvalue weighted by molar-refractivity contribution is 6.07. The number of hydrogen-bond donors (Lipinski definition) is 2. The third-order valence-electron chi connectivity index (χ3n) is 6.40. The first-order valence-corrected chi connectivity index (χ1v) is 9.86. The SMILES string of the molecule is O=C1Nc2cc(-c3cccc4c(NC5CC5)noc34)ccc2C12CCCC2. The summed E-state index contributed by atoms with van der Waals surface area (Å²) in [6.45, 7) is 0. The Morgan fingerprint density at radius 2 is 2.00 bits per heavy atom. The minimum atomic E-state index is -0.298. The van der Waals surface area contributed by atoms with Crippen LogP contribution in [0.5, 0.6) is 0 Å². The van der Waals surface area contributed by atoms with E-state index in [2.05, 4.69) is 40.1 Å². The van der Waals surface area contributed by atoms with E-state index in [1.54, 1.807) is 0 Å². The molecule has 2 saturated carbocycles. The van der Waals surface area contributed by atoms with E-state index >= 15 is 0 Å². The maximum atomic E-state index is 12.7. The zero-order chi connectivity index (χ0) is 18.0. The Bertz CT molecular complexity index is 1070. The van der Waals surface area contributed by atoms with E-state index < -0.39 is 0 Å². The van der Waals surface area contributed by atoms with Gasteiger partial charge < -0.3 is 15.2 Å². The summed E-state index contributed by atoms with van der Waals surface area (Å²) in [5.74, 6) is 0.995. The minimum absolute atomic E-state index is 0.168. The van der Waals surface area contributed by atoms with E-state index in [1.807, 2.05) is 12.1 Å². The van der Waals surface area contributed by atoms with Gasteiger partial charge in [0.05, 0.1) is 10.8 Å². The average Bonchev–Trinajstić information content (AvgIpc) is 3.11. The first kappa shape index (κ1) is 15.3. The minimum Gasteiger partial charge on any atom is -0.364 e. The van der Waals surface area contributed by atoms with Gasteiger partial charge in [0.1, 0.15) is 0 Å². The zero-order valence-electron chi connectivity index (χ0n) is 15.0. The molecule has 2 heterocycles. The van der Waals surface area contributed by atoms with Gasteiger partial charge >= 0.3 is 0 Å². The normalized spacial score (nSPS) is 20.2. The molecule has 0 saturated heterocycles. The van der Waals surface area contributed by atoms with Crippen LogP contribution in [-0.2, 0) is 10.2 Å². The van der Waals surface area contributed by atoms with Crippen LogP contribution >= 0.6 is 0 Å². The van der Waals surface area contributed by atoms with Gasteiger partial charge in [0.2, 0.25) is 5.91 Å². The summed E-state index contributed by atoms with van der Waals surface area (Å²) in [7, 11) is 0. The van der Waals surface area contributed by atoms with Gasteiger partial charge in [0.15, 0.2) is 11.4 Å². The topological polar surface area (TPSA) is 67.2 Å². The van der Waals surface area contributed by atoms with Gasteiger partial charge in [-0.3, -0.25) is 4.79 Å². The third kappa shape index (κ3) is 2.17. The van der Waals surface area contributed by atoms with Crippen LogP contribution in [0.25, 0.3) is 22.1 Å². The monoisotopic (exact) mass is 359 g/mol. The molecular weight excluding hydrogens is 338 g/mol. The van der Waals surface area contributed by atoms with Crippen molar-refractivity contribution in [2.45, 2.75) is 50.0 Å². The number of carbonyl (C=O) groups excluding carboxylic acids is 1. The third-order valence-corrected chi connectivity index (χ3v) is 6.40. The molecule has 2 N–H and O–H groups in total. The Morgan fingerprint density at radius 1 is 1.15 bits per heavy atom. The highest BCUT2D eigenvalue weighted by Crippen LogP contribution is 2.49. The molecule has 0 bridgehead atoms. The summed E-state index contributed by atoms with van der Waals surface area (Å²) in [6, 6.07) is 13.0. The van der Waals surface area contributed by atoms with Gasteiger partial charge in [0, 0.05) is 17.3 Å². The Hall–Kier alpha value is -2.82. The number of aromatic nitrogens is 1. The van der Waals surface area contributed by atoms with Crippen molar-refractivity contribution in [2.75, 3.05) is 10.6 Å². The van der Waals surface area contributed by atoms with Gasteiger partial charge in [-0.2, -0.15) is 0 Å². The van der Waals surface area contributed by atoms with E-state index in [9.17, 15) is 4.79 Å². The fraction of sp³-hybridized carbons (Fsp3) is 0.364. The van der Waals surface area contributed by atoms with Crippen molar-refractivity contribution in [1.29, 1.82) is 0 Å². The van der Waals surface area contributed by atoms with Crippen LogP contribution in [0.1, 0.15) is 44.1 Å². The zero-order valence-corrected chi connectivity index (χ0v) is 15.0. The second-order valence-electron chi connectivity index (χ2n) is 8.14. The first-order valence-electron chi connectivity index (χ1n) is 9.86. The van der Waals surface area contributed by atoms with Crippen LogP contribution in [0.2, 0.25) is 0 Å². The van der Waals surface area contributed by atoms with Crippen molar-refractivity contribution in [1.82, 2.24) is 5.16 Å². The van der Waals surface area contributed by atoms with E-state index in [4.69, 9.17) is 4.52 Å². The lowest BCUT2D eigenvalue weighted by atomic mass is 9.80. The highest BCUT2D eigenvalue weighted by Gasteiger charge is 2.48. The van der Waals surface area contributed by atoms with Crippen molar-refractivity contribution in [2.24, 2.45) is 0 Å². The van der Waals surface area contributed by atoms with Crippen molar-refractivity contribution in [3.05, 3.63) is 42.0 Å². The highest BCUT2D eigenvalue weighted by atomic mass is 16.5. The molecule has 1 amide bonds. The predicted molar refractivity (Wildman–Crippen MR) is 105 cm³/mol. The fourth-order valence-electron chi connectivity index (χ4n) is 4.79. The number of hydrogen-bond acceptors (Lipinski definition) is 4. The number of nitrogens with zero attached hydrogens (tertiary/aromatic N) is 1. The molecule has 0 atom stereocenters. The van der Waals surface area contributed by atoms with E-state index in [0.29, 0.717) is 6.04 Å². The van der Waals surface area contributed by atoms with Crippen molar-refractivity contribution in [3.63, 3.8) is 0 Å². The van der Waals surface area contributed by atoms with E-state index in [-0.39, 0.29) is 11.3 Å². The first-order chi connectivity index (χ1) is 13.2. The van der Waals surface area contributed by atoms with E-state index in [1.165, 1.54) is 12.8 Å². The fourth-order valence-corrected chi connectivity index (χ4v) is 4.79. The molecule has 1 aliphatic heterocycles. The molecule has 2 aliphatic carbocycles. The van der Waals surface area contributed by atoms with Gasteiger partial charge in [-0.25, -0.2) is 0 Å². The van der Waals surface area contributed by atoms with Crippen LogP contribution in [0.4, 0.5) is 11.5 Å². The molecule has 3 aliphatic rings. The summed E-state index contributed by atoms with van der Waals surface area (Å²) in [5, 5.41) is 11.8. The molecule has 2 fully saturated rings. The number of amides is 1. The van der Waals surface area contributed by atoms with Crippen LogP contribution in [0.15, 0.2) is 40.9 Å².